The van der Waals surface area contributed by atoms with Crippen LogP contribution in [0.5, 0.6) is 5.75 Å². The minimum Gasteiger partial charge on any atom is -0.493 e. The van der Waals surface area contributed by atoms with Gasteiger partial charge in [-0.05, 0) is 30.7 Å². The highest BCUT2D eigenvalue weighted by atomic mass is 79.9. The molecule has 1 heterocycles. The number of ether oxygens (including phenoxy) is 1. The highest BCUT2D eigenvalue weighted by Gasteiger charge is 2.35. The molecule has 0 spiro atoms. The third-order valence-electron chi connectivity index (χ3n) is 4.06. The first kappa shape index (κ1) is 17.9. The maximum absolute atomic E-state index is 13.1. The number of carbonyl (C=O) groups excluding carboxylic acids is 1. The number of aliphatic hydroxyl groups excluding tert-OH is 1. The van der Waals surface area contributed by atoms with Crippen LogP contribution in [0.3, 0.4) is 0 Å². The number of ketones is 1. The molecule has 1 N–H and O–H groups in total. The summed E-state index contributed by atoms with van der Waals surface area (Å²) in [7, 11) is 0. The van der Waals surface area contributed by atoms with Gasteiger partial charge >= 0.3 is 6.18 Å². The Labute approximate surface area is 150 Å². The summed E-state index contributed by atoms with van der Waals surface area (Å²) in [6.07, 6.45) is -4.97. The summed E-state index contributed by atoms with van der Waals surface area (Å²) in [5.41, 5.74) is -0.950. The largest absolute Gasteiger partial charge is 0.493 e. The van der Waals surface area contributed by atoms with Crippen molar-refractivity contribution in [3.63, 3.8) is 0 Å². The Morgan fingerprint density at radius 1 is 1.20 bits per heavy atom. The van der Waals surface area contributed by atoms with E-state index in [1.807, 2.05) is 0 Å². The fourth-order valence-electron chi connectivity index (χ4n) is 2.77. The van der Waals surface area contributed by atoms with E-state index in [0.717, 1.165) is 12.1 Å². The lowest BCUT2D eigenvalue weighted by Gasteiger charge is -2.16. The van der Waals surface area contributed by atoms with Crippen molar-refractivity contribution >= 4 is 21.7 Å². The lowest BCUT2D eigenvalue weighted by Crippen LogP contribution is -2.15. The number of fused-ring (bicyclic) bond motifs is 1. The van der Waals surface area contributed by atoms with Gasteiger partial charge in [-0.3, -0.25) is 4.79 Å². The molecule has 3 nitrogen and oxygen atoms in total. The fourth-order valence-corrected chi connectivity index (χ4v) is 3.24. The molecule has 0 amide bonds. The van der Waals surface area contributed by atoms with Gasteiger partial charge in [0.25, 0.3) is 0 Å². The van der Waals surface area contributed by atoms with Gasteiger partial charge < -0.3 is 9.84 Å². The van der Waals surface area contributed by atoms with E-state index in [0.29, 0.717) is 24.3 Å². The monoisotopic (exact) mass is 414 g/mol. The molecular weight excluding hydrogens is 401 g/mol. The average molecular weight is 415 g/mol. The predicted octanol–water partition coefficient (Wildman–Crippen LogP) is 4.52. The molecule has 0 radical (unpaired) electrons. The van der Waals surface area contributed by atoms with Crippen LogP contribution in [-0.4, -0.2) is 22.3 Å². The number of alkyl halides is 4. The van der Waals surface area contributed by atoms with Gasteiger partial charge in [-0.25, -0.2) is 0 Å². The fraction of sp³-hybridized carbons (Fsp3) is 0.278. The molecule has 0 unspecified atom stereocenters. The van der Waals surface area contributed by atoms with Crippen molar-refractivity contribution in [1.82, 2.24) is 0 Å². The number of carbonyl (C=O) groups is 1. The predicted molar refractivity (Wildman–Crippen MR) is 89.1 cm³/mol. The summed E-state index contributed by atoms with van der Waals surface area (Å²) in [5.74, 6) is -0.326. The standard InChI is InChI=1S/C18H14BrF3O3/c19-14-7-8-25-15-6-5-10(9-12(15)17(14)24)16(23)11-3-1-2-4-13(11)18(20,21)22/h1-6,9,14,17,24H,7-8H2/t14-,17-/m1/s1. The summed E-state index contributed by atoms with van der Waals surface area (Å²) in [4.78, 5) is 12.4. The van der Waals surface area contributed by atoms with Crippen LogP contribution in [-0.2, 0) is 6.18 Å². The molecule has 0 saturated heterocycles. The van der Waals surface area contributed by atoms with Crippen molar-refractivity contribution in [1.29, 1.82) is 0 Å². The van der Waals surface area contributed by atoms with Crippen LogP contribution < -0.4 is 4.74 Å². The number of rotatable bonds is 2. The Kier molecular flexibility index (Phi) is 4.88. The molecule has 3 rings (SSSR count). The average Bonchev–Trinajstić information content (AvgIpc) is 2.72. The third-order valence-corrected chi connectivity index (χ3v) is 5.02. The Hall–Kier alpha value is -1.86. The third kappa shape index (κ3) is 3.57. The summed E-state index contributed by atoms with van der Waals surface area (Å²) < 4.78 is 45.0. The molecule has 1 aliphatic rings. The maximum Gasteiger partial charge on any atom is 0.417 e. The lowest BCUT2D eigenvalue weighted by atomic mass is 9.95. The van der Waals surface area contributed by atoms with Crippen molar-refractivity contribution < 1.29 is 27.8 Å². The summed E-state index contributed by atoms with van der Waals surface area (Å²) >= 11 is 3.35. The Morgan fingerprint density at radius 3 is 2.64 bits per heavy atom. The number of aliphatic hydroxyl groups is 1. The second-order valence-electron chi connectivity index (χ2n) is 5.72. The van der Waals surface area contributed by atoms with E-state index >= 15 is 0 Å². The van der Waals surface area contributed by atoms with Crippen LogP contribution in [0.25, 0.3) is 0 Å². The van der Waals surface area contributed by atoms with E-state index in [-0.39, 0.29) is 10.4 Å². The van der Waals surface area contributed by atoms with Crippen molar-refractivity contribution in [2.45, 2.75) is 23.5 Å². The zero-order valence-electron chi connectivity index (χ0n) is 12.9. The van der Waals surface area contributed by atoms with Crippen LogP contribution in [0.2, 0.25) is 0 Å². The van der Waals surface area contributed by atoms with Crippen molar-refractivity contribution in [2.75, 3.05) is 6.61 Å². The zero-order chi connectivity index (χ0) is 18.2. The van der Waals surface area contributed by atoms with Crippen LogP contribution >= 0.6 is 15.9 Å². The summed E-state index contributed by atoms with van der Waals surface area (Å²) in [6.45, 7) is 0.393. The Balaban J connectivity index is 2.04. The Morgan fingerprint density at radius 2 is 1.92 bits per heavy atom. The number of hydrogen-bond donors (Lipinski definition) is 1. The normalized spacial score (nSPS) is 20.4. The summed E-state index contributed by atoms with van der Waals surface area (Å²) in [5, 5.41) is 10.4. The molecule has 2 aromatic carbocycles. The number of hydrogen-bond acceptors (Lipinski definition) is 3. The molecule has 2 aromatic rings. The first-order chi connectivity index (χ1) is 11.8. The molecule has 0 bridgehead atoms. The number of benzene rings is 2. The van der Waals surface area contributed by atoms with Crippen LogP contribution in [0.1, 0.15) is 39.6 Å². The van der Waals surface area contributed by atoms with Gasteiger partial charge in [-0.2, -0.15) is 13.2 Å². The van der Waals surface area contributed by atoms with Gasteiger partial charge in [0.05, 0.1) is 18.3 Å². The quantitative estimate of drug-likeness (QED) is 0.580. The first-order valence-corrected chi connectivity index (χ1v) is 8.50. The van der Waals surface area contributed by atoms with Gasteiger partial charge in [0.1, 0.15) is 5.75 Å². The van der Waals surface area contributed by atoms with E-state index in [9.17, 15) is 23.1 Å². The van der Waals surface area contributed by atoms with Gasteiger partial charge in [0.2, 0.25) is 0 Å². The number of halogens is 4. The smallest absolute Gasteiger partial charge is 0.417 e. The molecule has 25 heavy (non-hydrogen) atoms. The Bertz CT molecular complexity index is 804. The van der Waals surface area contributed by atoms with Crippen LogP contribution in [0.15, 0.2) is 42.5 Å². The van der Waals surface area contributed by atoms with E-state index in [1.165, 1.54) is 30.3 Å². The van der Waals surface area contributed by atoms with Crippen LogP contribution in [0, 0.1) is 0 Å². The zero-order valence-corrected chi connectivity index (χ0v) is 14.5. The van der Waals surface area contributed by atoms with E-state index in [4.69, 9.17) is 4.74 Å². The first-order valence-electron chi connectivity index (χ1n) is 7.59. The van der Waals surface area contributed by atoms with Crippen molar-refractivity contribution in [3.8, 4) is 5.75 Å². The molecule has 0 saturated carbocycles. The van der Waals surface area contributed by atoms with E-state index in [2.05, 4.69) is 15.9 Å². The minimum atomic E-state index is -4.62. The lowest BCUT2D eigenvalue weighted by molar-refractivity contribution is -0.137. The molecule has 2 atom stereocenters. The van der Waals surface area contributed by atoms with E-state index < -0.39 is 29.2 Å². The second kappa shape index (κ2) is 6.80. The van der Waals surface area contributed by atoms with Gasteiger partial charge in [0.15, 0.2) is 5.78 Å². The molecule has 0 fully saturated rings. The van der Waals surface area contributed by atoms with E-state index in [1.54, 1.807) is 0 Å². The molecular formula is C18H14BrF3O3. The van der Waals surface area contributed by atoms with Gasteiger partial charge in [0, 0.05) is 21.5 Å². The molecule has 1 aliphatic heterocycles. The SMILES string of the molecule is O=C(c1ccc2c(c1)[C@@H](O)[C@H](Br)CCO2)c1ccccc1C(F)(F)F. The minimum absolute atomic E-state index is 0.0692. The summed E-state index contributed by atoms with van der Waals surface area (Å²) in [6, 6.07) is 8.97. The van der Waals surface area contributed by atoms with Crippen LogP contribution in [0.4, 0.5) is 13.2 Å². The van der Waals surface area contributed by atoms with Gasteiger partial charge in [-0.15, -0.1) is 0 Å². The topological polar surface area (TPSA) is 46.5 Å². The van der Waals surface area contributed by atoms with Gasteiger partial charge in [-0.1, -0.05) is 34.1 Å². The second-order valence-corrected chi connectivity index (χ2v) is 6.90. The molecule has 0 aromatic heterocycles. The molecule has 132 valence electrons. The van der Waals surface area contributed by atoms with Crippen molar-refractivity contribution in [3.05, 3.63) is 64.7 Å². The molecule has 0 aliphatic carbocycles. The highest BCUT2D eigenvalue weighted by Crippen LogP contribution is 2.37. The van der Waals surface area contributed by atoms with Crippen molar-refractivity contribution in [2.24, 2.45) is 0 Å². The molecule has 7 heteroatoms. The maximum atomic E-state index is 13.1. The highest BCUT2D eigenvalue weighted by molar-refractivity contribution is 9.09.